The van der Waals surface area contributed by atoms with Crippen LogP contribution in [0.1, 0.15) is 0 Å². The van der Waals surface area contributed by atoms with Crippen LogP contribution in [0, 0.1) is 0 Å². The largest absolute Gasteiger partial charge is 0.425 e. The van der Waals surface area contributed by atoms with Gasteiger partial charge in [0, 0.05) is 0 Å². The second-order valence-corrected chi connectivity index (χ2v) is 4.48. The molecular formula is H16N4O13S3. The van der Waals surface area contributed by atoms with Crippen LogP contribution in [0.2, 0.25) is 0 Å². The monoisotopic (exact) mass is 376 g/mol. The molecule has 20 heavy (non-hydrogen) atoms. The Kier molecular flexibility index (Phi) is 24.5. The molecule has 20 heteroatoms. The van der Waals surface area contributed by atoms with E-state index in [0.717, 1.165) is 0 Å². The Labute approximate surface area is 113 Å². The van der Waals surface area contributed by atoms with Gasteiger partial charge in [-0.1, -0.05) is 13.0 Å². The highest BCUT2D eigenvalue weighted by atomic mass is 32.3. The summed E-state index contributed by atoms with van der Waals surface area (Å²) in [6.07, 6.45) is 0. The molecule has 0 radical (unpaired) electrons. The van der Waals surface area contributed by atoms with Crippen molar-refractivity contribution < 1.29 is 57.2 Å². The van der Waals surface area contributed by atoms with E-state index in [9.17, 15) is 16.8 Å². The molecule has 0 aliphatic rings. The van der Waals surface area contributed by atoms with Crippen LogP contribution in [0.25, 0.3) is 0 Å². The van der Waals surface area contributed by atoms with Crippen LogP contribution < -0.4 is 24.6 Å². The summed E-state index contributed by atoms with van der Waals surface area (Å²) in [4.78, 5) is 0. The van der Waals surface area contributed by atoms with Gasteiger partial charge in [0.15, 0.2) is 0 Å². The number of hydrogen-bond acceptors (Lipinski definition) is 14. The number of rotatable bonds is 4. The Balaban J connectivity index is -0.0000000440. The summed E-state index contributed by atoms with van der Waals surface area (Å²) in [5.41, 5.74) is 0. The molecule has 0 aromatic heterocycles. The molecule has 0 saturated carbocycles. The molecule has 0 atom stereocenters. The van der Waals surface area contributed by atoms with Crippen LogP contribution in [0.3, 0.4) is 0 Å². The molecule has 0 aromatic rings. The molecule has 0 spiro atoms. The van der Waals surface area contributed by atoms with E-state index in [4.69, 9.17) is 27.3 Å². The first kappa shape index (κ1) is 36.6. The Morgan fingerprint density at radius 1 is 0.550 bits per heavy atom. The molecule has 0 heterocycles. The molecule has 0 saturated heterocycles. The van der Waals surface area contributed by atoms with Crippen molar-refractivity contribution in [3.63, 3.8) is 0 Å². The van der Waals surface area contributed by atoms with Crippen LogP contribution in [-0.4, -0.2) is 44.2 Å². The molecule has 0 aliphatic carbocycles. The fourth-order valence-corrected chi connectivity index (χ4v) is 0.632. The Morgan fingerprint density at radius 2 is 0.700 bits per heavy atom. The zero-order chi connectivity index (χ0) is 13.6. The summed E-state index contributed by atoms with van der Waals surface area (Å²) in [6.45, 7) is 0. The van der Waals surface area contributed by atoms with Crippen molar-refractivity contribution in [2.24, 2.45) is 0 Å². The lowest BCUT2D eigenvalue weighted by Crippen LogP contribution is -2.10. The normalized spacial score (nSPS) is 10.2. The SMILES string of the molecule is N.N.N.N.O=S(=O)(O)OO.O=S(=O)(O)OOS(=O)(=O)O. The molecule has 132 valence electrons. The fraction of sp³-hybridized carbons (Fsp3) is 0. The third-order valence-electron chi connectivity index (χ3n) is 0.294. The van der Waals surface area contributed by atoms with E-state index in [1.807, 2.05) is 0 Å². The second kappa shape index (κ2) is 13.4. The number of hydrogen-bond donors (Lipinski definition) is 8. The van der Waals surface area contributed by atoms with Crippen molar-refractivity contribution in [1.82, 2.24) is 24.6 Å². The summed E-state index contributed by atoms with van der Waals surface area (Å²) < 4.78 is 86.8. The predicted molar refractivity (Wildman–Crippen MR) is 60.6 cm³/mol. The minimum Gasteiger partial charge on any atom is -0.344 e. The standard InChI is InChI=1S/4H3N.H2O8S2.H2O5S/c;;;;1-9(2,3)7-8-10(4,5)6;1-5-6(2,3)4/h4*1H3;(H,1,2,3)(H,4,5,6);1H,(H,2,3,4). The fourth-order valence-electron chi connectivity index (χ4n) is 0.0702. The molecule has 17 nitrogen and oxygen atoms in total. The van der Waals surface area contributed by atoms with E-state index >= 15 is 0 Å². The molecule has 0 aliphatic heterocycles. The zero-order valence-electron chi connectivity index (χ0n) is 9.52. The van der Waals surface area contributed by atoms with Crippen LogP contribution in [0.4, 0.5) is 0 Å². The highest BCUT2D eigenvalue weighted by Gasteiger charge is 2.13. The van der Waals surface area contributed by atoms with Crippen molar-refractivity contribution in [2.45, 2.75) is 0 Å². The van der Waals surface area contributed by atoms with E-state index < -0.39 is 31.2 Å². The summed E-state index contributed by atoms with van der Waals surface area (Å²) in [5.74, 6) is 0. The highest BCUT2D eigenvalue weighted by Crippen LogP contribution is 1.92. The van der Waals surface area contributed by atoms with Gasteiger partial charge in [0.05, 0.1) is 0 Å². The first-order valence-corrected chi connectivity index (χ1v) is 6.49. The predicted octanol–water partition coefficient (Wildman–Crippen LogP) is -1.53. The Morgan fingerprint density at radius 3 is 0.750 bits per heavy atom. The average Bonchev–Trinajstić information content (AvgIpc) is 1.98. The summed E-state index contributed by atoms with van der Waals surface area (Å²) in [7, 11) is -14.6. The molecular weight excluding hydrogens is 360 g/mol. The van der Waals surface area contributed by atoms with Crippen LogP contribution in [-0.2, 0) is 44.2 Å². The molecule has 0 fully saturated rings. The van der Waals surface area contributed by atoms with Gasteiger partial charge in [0.25, 0.3) is 0 Å². The zero-order valence-corrected chi connectivity index (χ0v) is 12.0. The maximum Gasteiger partial charge on any atom is 0.425 e. The third-order valence-corrected chi connectivity index (χ3v) is 1.05. The van der Waals surface area contributed by atoms with Gasteiger partial charge in [-0.2, -0.15) is 25.3 Å². The lowest BCUT2D eigenvalue weighted by Gasteiger charge is -1.92. The topological polar surface area (TPSA) is 351 Å². The summed E-state index contributed by atoms with van der Waals surface area (Å²) >= 11 is 0. The van der Waals surface area contributed by atoms with Gasteiger partial charge in [0.1, 0.15) is 0 Å². The van der Waals surface area contributed by atoms with Gasteiger partial charge in [0.2, 0.25) is 0 Å². The third kappa shape index (κ3) is 52.9. The first-order valence-electron chi connectivity index (χ1n) is 2.40. The Bertz CT molecular complexity index is 452. The van der Waals surface area contributed by atoms with Crippen LogP contribution >= 0.6 is 0 Å². The van der Waals surface area contributed by atoms with Gasteiger partial charge in [-0.05, 0) is 0 Å². The van der Waals surface area contributed by atoms with E-state index in [2.05, 4.69) is 13.0 Å². The highest BCUT2D eigenvalue weighted by molar-refractivity contribution is 7.83. The molecule has 0 unspecified atom stereocenters. The Hall–Kier alpha value is -0.590. The van der Waals surface area contributed by atoms with Crippen LogP contribution in [0.5, 0.6) is 0 Å². The van der Waals surface area contributed by atoms with Gasteiger partial charge < -0.3 is 24.6 Å². The van der Waals surface area contributed by atoms with Crippen molar-refractivity contribution in [2.75, 3.05) is 0 Å². The lowest BCUT2D eigenvalue weighted by molar-refractivity contribution is -0.139. The molecule has 0 aromatic carbocycles. The van der Waals surface area contributed by atoms with Crippen LogP contribution in [0.15, 0.2) is 0 Å². The minimum absolute atomic E-state index is 0. The minimum atomic E-state index is -5.02. The quantitative estimate of drug-likeness (QED) is 0.156. The van der Waals surface area contributed by atoms with Crippen molar-refractivity contribution in [3.8, 4) is 0 Å². The first-order chi connectivity index (χ1) is 6.77. The molecule has 0 rings (SSSR count). The van der Waals surface area contributed by atoms with Gasteiger partial charge in [-0.15, -0.1) is 0 Å². The van der Waals surface area contributed by atoms with Crippen molar-refractivity contribution in [1.29, 1.82) is 0 Å². The second-order valence-electron chi connectivity index (χ2n) is 1.49. The molecule has 16 N–H and O–H groups in total. The van der Waals surface area contributed by atoms with E-state index in [0.29, 0.717) is 0 Å². The average molecular weight is 376 g/mol. The van der Waals surface area contributed by atoms with Crippen molar-refractivity contribution >= 4 is 31.2 Å². The smallest absolute Gasteiger partial charge is 0.344 e. The summed E-state index contributed by atoms with van der Waals surface area (Å²) in [6, 6.07) is 0. The van der Waals surface area contributed by atoms with Crippen molar-refractivity contribution in [3.05, 3.63) is 0 Å². The van der Waals surface area contributed by atoms with Gasteiger partial charge in [-0.25, -0.2) is 5.26 Å². The van der Waals surface area contributed by atoms with E-state index in [1.165, 1.54) is 0 Å². The lowest BCUT2D eigenvalue weighted by atomic mass is 14.0. The van der Waals surface area contributed by atoms with Gasteiger partial charge >= 0.3 is 31.2 Å². The van der Waals surface area contributed by atoms with E-state index in [1.54, 1.807) is 0 Å². The summed E-state index contributed by atoms with van der Waals surface area (Å²) in [5, 5.41) is 7.06. The van der Waals surface area contributed by atoms with Gasteiger partial charge in [-0.3, -0.25) is 13.7 Å². The van der Waals surface area contributed by atoms with E-state index in [-0.39, 0.29) is 24.6 Å². The molecule has 0 bridgehead atoms. The maximum absolute atomic E-state index is 9.51. The maximum atomic E-state index is 9.51. The molecule has 0 amide bonds.